The van der Waals surface area contributed by atoms with Crippen LogP contribution in [0.2, 0.25) is 0 Å². The van der Waals surface area contributed by atoms with Crippen molar-refractivity contribution in [2.75, 3.05) is 55.5 Å². The number of benzene rings is 3. The van der Waals surface area contributed by atoms with Crippen LogP contribution in [0, 0.1) is 0 Å². The smallest absolute Gasteiger partial charge is 0.249 e. The molecule has 0 spiro atoms. The Morgan fingerprint density at radius 1 is 0.902 bits per heavy atom. The standard InChI is InChI=1S/C31H39N5O4S/c1-22(2)34-16-18-35(19-17-34)41(38,39)28-13-8-25(9-14-28)32-26-10-15-29-30(20-26)36(23(3)31(37)33(29)4)21-24-6-11-27(40-5)12-7-24/h6-15,20,22-23,32H,16-19,21H2,1-5H3/t23-/m1/s1. The molecule has 3 aromatic rings. The van der Waals surface area contributed by atoms with Crippen LogP contribution in [0.4, 0.5) is 22.7 Å². The highest BCUT2D eigenvalue weighted by Gasteiger charge is 2.34. The van der Waals surface area contributed by atoms with Crippen LogP contribution >= 0.6 is 0 Å². The number of fused-ring (bicyclic) bond motifs is 1. The number of ether oxygens (including phenoxy) is 1. The third kappa shape index (κ3) is 5.91. The highest BCUT2D eigenvalue weighted by atomic mass is 32.2. The number of rotatable bonds is 8. The number of anilines is 4. The molecule has 0 bridgehead atoms. The molecular weight excluding hydrogens is 538 g/mol. The lowest BCUT2D eigenvalue weighted by Crippen LogP contribution is -2.50. The Kier molecular flexibility index (Phi) is 8.26. The molecule has 3 aromatic carbocycles. The van der Waals surface area contributed by atoms with Crippen LogP contribution in [0.25, 0.3) is 0 Å². The van der Waals surface area contributed by atoms with E-state index in [0.29, 0.717) is 30.6 Å². The summed E-state index contributed by atoms with van der Waals surface area (Å²) in [6, 6.07) is 20.8. The van der Waals surface area contributed by atoms with Crippen molar-refractivity contribution in [3.63, 3.8) is 0 Å². The summed E-state index contributed by atoms with van der Waals surface area (Å²) in [4.78, 5) is 19.4. The normalized spacial score (nSPS) is 18.5. The number of hydrogen-bond donors (Lipinski definition) is 1. The van der Waals surface area contributed by atoms with Crippen molar-refractivity contribution in [1.82, 2.24) is 9.21 Å². The molecule has 1 saturated heterocycles. The summed E-state index contributed by atoms with van der Waals surface area (Å²) in [7, 11) is -0.101. The fourth-order valence-electron chi connectivity index (χ4n) is 5.49. The zero-order valence-corrected chi connectivity index (χ0v) is 25.2. The fourth-order valence-corrected chi connectivity index (χ4v) is 6.91. The Hall–Kier alpha value is -3.60. The van der Waals surface area contributed by atoms with Gasteiger partial charge in [0, 0.05) is 57.2 Å². The molecule has 0 saturated carbocycles. The molecule has 0 unspecified atom stereocenters. The molecule has 9 nitrogen and oxygen atoms in total. The van der Waals surface area contributed by atoms with Crippen LogP contribution in [0.15, 0.2) is 71.6 Å². The fraction of sp³-hybridized carbons (Fsp3) is 0.387. The van der Waals surface area contributed by atoms with Gasteiger partial charge in [0.1, 0.15) is 11.8 Å². The minimum Gasteiger partial charge on any atom is -0.497 e. The molecule has 218 valence electrons. The highest BCUT2D eigenvalue weighted by Crippen LogP contribution is 2.39. The molecule has 0 aliphatic carbocycles. The number of likely N-dealkylation sites (N-methyl/N-ethyl adjacent to an activating group) is 1. The van der Waals surface area contributed by atoms with Gasteiger partial charge in [-0.05, 0) is 80.9 Å². The first-order chi connectivity index (χ1) is 19.6. The quantitative estimate of drug-likeness (QED) is 0.421. The second-order valence-electron chi connectivity index (χ2n) is 10.9. The van der Waals surface area contributed by atoms with Crippen molar-refractivity contribution in [3.05, 3.63) is 72.3 Å². The molecule has 2 aliphatic heterocycles. The van der Waals surface area contributed by atoms with Crippen molar-refractivity contribution in [2.24, 2.45) is 0 Å². The van der Waals surface area contributed by atoms with Gasteiger partial charge in [-0.25, -0.2) is 8.42 Å². The van der Waals surface area contributed by atoms with Crippen LogP contribution < -0.4 is 19.9 Å². The number of hydrogen-bond acceptors (Lipinski definition) is 7. The number of methoxy groups -OCH3 is 1. The third-order valence-electron chi connectivity index (χ3n) is 8.10. The number of piperazine rings is 1. The van der Waals surface area contributed by atoms with E-state index in [1.54, 1.807) is 47.6 Å². The maximum Gasteiger partial charge on any atom is 0.249 e. The monoisotopic (exact) mass is 577 g/mol. The molecule has 1 fully saturated rings. The van der Waals surface area contributed by atoms with E-state index >= 15 is 0 Å². The lowest BCUT2D eigenvalue weighted by atomic mass is 10.0. The van der Waals surface area contributed by atoms with Crippen molar-refractivity contribution in [3.8, 4) is 5.75 Å². The third-order valence-corrected chi connectivity index (χ3v) is 10.0. The second-order valence-corrected chi connectivity index (χ2v) is 12.9. The summed E-state index contributed by atoms with van der Waals surface area (Å²) in [5.74, 6) is 0.824. The topological polar surface area (TPSA) is 85.4 Å². The number of carbonyl (C=O) groups is 1. The molecule has 2 heterocycles. The maximum absolute atomic E-state index is 13.2. The van der Waals surface area contributed by atoms with Gasteiger partial charge in [-0.2, -0.15) is 4.31 Å². The predicted octanol–water partition coefficient (Wildman–Crippen LogP) is 4.53. The van der Waals surface area contributed by atoms with Gasteiger partial charge in [0.05, 0.1) is 23.4 Å². The van der Waals surface area contributed by atoms with E-state index < -0.39 is 10.0 Å². The zero-order valence-electron chi connectivity index (χ0n) is 24.4. The molecule has 1 N–H and O–H groups in total. The molecular formula is C31H39N5O4S. The summed E-state index contributed by atoms with van der Waals surface area (Å²) in [5, 5.41) is 3.41. The van der Waals surface area contributed by atoms with E-state index in [1.165, 1.54) is 0 Å². The molecule has 0 radical (unpaired) electrons. The summed E-state index contributed by atoms with van der Waals surface area (Å²) in [6.07, 6.45) is 0. The maximum atomic E-state index is 13.2. The second kappa shape index (κ2) is 11.7. The van der Waals surface area contributed by atoms with Crippen LogP contribution in [0.1, 0.15) is 26.3 Å². The van der Waals surface area contributed by atoms with E-state index in [1.807, 2.05) is 49.4 Å². The van der Waals surface area contributed by atoms with Gasteiger partial charge in [-0.1, -0.05) is 12.1 Å². The molecule has 5 rings (SSSR count). The minimum atomic E-state index is -3.54. The minimum absolute atomic E-state index is 0.0362. The molecule has 1 atom stereocenters. The van der Waals surface area contributed by atoms with Gasteiger partial charge in [0.25, 0.3) is 0 Å². The largest absolute Gasteiger partial charge is 0.497 e. The zero-order chi connectivity index (χ0) is 29.3. The average molecular weight is 578 g/mol. The van der Waals surface area contributed by atoms with Gasteiger partial charge in [-0.15, -0.1) is 0 Å². The SMILES string of the molecule is COc1ccc(CN2c3cc(Nc4ccc(S(=O)(=O)N5CCN(C(C)C)CC5)cc4)ccc3N(C)C(=O)[C@H]2C)cc1. The van der Waals surface area contributed by atoms with E-state index in [0.717, 1.165) is 47.2 Å². The van der Waals surface area contributed by atoms with Gasteiger partial charge in [-0.3, -0.25) is 9.69 Å². The van der Waals surface area contributed by atoms with Crippen LogP contribution in [-0.4, -0.2) is 76.0 Å². The summed E-state index contributed by atoms with van der Waals surface area (Å²) in [5.41, 5.74) is 4.48. The first-order valence-corrected chi connectivity index (χ1v) is 15.4. The van der Waals surface area contributed by atoms with Gasteiger partial charge in [0.15, 0.2) is 0 Å². The first kappa shape index (κ1) is 28.9. The molecule has 0 aromatic heterocycles. The van der Waals surface area contributed by atoms with E-state index in [-0.39, 0.29) is 11.9 Å². The van der Waals surface area contributed by atoms with Crippen molar-refractivity contribution < 1.29 is 17.9 Å². The lowest BCUT2D eigenvalue weighted by molar-refractivity contribution is -0.119. The Balaban J connectivity index is 1.34. The molecule has 41 heavy (non-hydrogen) atoms. The number of carbonyl (C=O) groups excluding carboxylic acids is 1. The summed E-state index contributed by atoms with van der Waals surface area (Å²) < 4.78 is 33.4. The van der Waals surface area contributed by atoms with Gasteiger partial charge >= 0.3 is 0 Å². The number of nitrogens with zero attached hydrogens (tertiary/aromatic N) is 4. The predicted molar refractivity (Wildman–Crippen MR) is 164 cm³/mol. The number of amides is 1. The van der Waals surface area contributed by atoms with E-state index in [4.69, 9.17) is 4.74 Å². The summed E-state index contributed by atoms with van der Waals surface area (Å²) in [6.45, 7) is 9.24. The Bertz CT molecular complexity index is 1480. The summed E-state index contributed by atoms with van der Waals surface area (Å²) >= 11 is 0. The molecule has 1 amide bonds. The average Bonchev–Trinajstić information content (AvgIpc) is 2.99. The Morgan fingerprint density at radius 3 is 2.15 bits per heavy atom. The van der Waals surface area contributed by atoms with Gasteiger partial charge < -0.3 is 19.9 Å². The van der Waals surface area contributed by atoms with Crippen LogP contribution in [0.3, 0.4) is 0 Å². The van der Waals surface area contributed by atoms with Crippen molar-refractivity contribution in [1.29, 1.82) is 0 Å². The first-order valence-electron chi connectivity index (χ1n) is 14.0. The Morgan fingerprint density at radius 2 is 1.54 bits per heavy atom. The molecule has 10 heteroatoms. The van der Waals surface area contributed by atoms with Crippen molar-refractivity contribution >= 4 is 38.7 Å². The number of nitrogens with one attached hydrogen (secondary N) is 1. The lowest BCUT2D eigenvalue weighted by Gasteiger charge is -2.40. The van der Waals surface area contributed by atoms with E-state index in [9.17, 15) is 13.2 Å². The highest BCUT2D eigenvalue weighted by molar-refractivity contribution is 7.89. The van der Waals surface area contributed by atoms with Crippen LogP contribution in [0.5, 0.6) is 5.75 Å². The molecule has 2 aliphatic rings. The van der Waals surface area contributed by atoms with Gasteiger partial charge in [0.2, 0.25) is 15.9 Å². The Labute approximate surface area is 243 Å². The van der Waals surface area contributed by atoms with Crippen molar-refractivity contribution in [2.45, 2.75) is 44.3 Å². The van der Waals surface area contributed by atoms with E-state index in [2.05, 4.69) is 29.0 Å². The van der Waals surface area contributed by atoms with Crippen LogP contribution in [-0.2, 0) is 21.4 Å². The number of sulfonamides is 1.